The highest BCUT2D eigenvalue weighted by Crippen LogP contribution is 2.32. The number of allylic oxidation sites excluding steroid dienone is 3. The molecule has 0 amide bonds. The fourth-order valence-corrected chi connectivity index (χ4v) is 3.57. The molecule has 0 radical (unpaired) electrons. The Labute approximate surface area is 184 Å². The number of hydrogen-bond acceptors (Lipinski definition) is 3. The predicted octanol–water partition coefficient (Wildman–Crippen LogP) is 5.62. The first-order valence-corrected chi connectivity index (χ1v) is 9.86. The van der Waals surface area contributed by atoms with E-state index in [-0.39, 0.29) is 17.2 Å². The number of Topliss-reactive ketones (excluding diaryl/α,β-unsaturated/α-hetero) is 1. The van der Waals surface area contributed by atoms with E-state index in [1.165, 1.54) is 37.5 Å². The molecule has 0 fully saturated rings. The van der Waals surface area contributed by atoms with E-state index in [4.69, 9.17) is 4.74 Å². The number of rotatable bonds is 4. The van der Waals surface area contributed by atoms with E-state index >= 15 is 0 Å². The van der Waals surface area contributed by atoms with Crippen LogP contribution in [-0.2, 0) is 14.3 Å². The van der Waals surface area contributed by atoms with Gasteiger partial charge in [0.05, 0.1) is 7.11 Å². The SMILES string of the molecule is COC(=O)C1=Cc2ccccc2/C(=C/C=C(c2ccc(F)cc2)c2ccc(F)cc2)C1=O. The Morgan fingerprint density at radius 3 is 1.97 bits per heavy atom. The second-order valence-electron chi connectivity index (χ2n) is 7.14. The normalized spacial score (nSPS) is 13.9. The van der Waals surface area contributed by atoms with E-state index < -0.39 is 11.8 Å². The van der Waals surface area contributed by atoms with Gasteiger partial charge in [-0.25, -0.2) is 13.6 Å². The highest BCUT2D eigenvalue weighted by molar-refractivity contribution is 6.41. The van der Waals surface area contributed by atoms with Gasteiger partial charge in [-0.1, -0.05) is 54.6 Å². The van der Waals surface area contributed by atoms with Crippen molar-refractivity contribution in [1.29, 1.82) is 0 Å². The quantitative estimate of drug-likeness (QED) is 0.308. The molecule has 0 aliphatic heterocycles. The van der Waals surface area contributed by atoms with Crippen LogP contribution in [0.5, 0.6) is 0 Å². The Hall–Kier alpha value is -4.12. The van der Waals surface area contributed by atoms with Crippen LogP contribution in [0, 0.1) is 11.6 Å². The Bertz CT molecular complexity index is 1230. The fraction of sp³-hybridized carbons (Fsp3) is 0.0370. The molecule has 0 unspecified atom stereocenters. The Balaban J connectivity index is 1.88. The zero-order valence-corrected chi connectivity index (χ0v) is 17.1. The van der Waals surface area contributed by atoms with E-state index in [1.54, 1.807) is 42.5 Å². The summed E-state index contributed by atoms with van der Waals surface area (Å²) >= 11 is 0. The van der Waals surface area contributed by atoms with Crippen LogP contribution in [0.1, 0.15) is 22.3 Å². The third kappa shape index (κ3) is 4.18. The summed E-state index contributed by atoms with van der Waals surface area (Å²) in [7, 11) is 1.22. The molecule has 32 heavy (non-hydrogen) atoms. The van der Waals surface area contributed by atoms with Gasteiger partial charge < -0.3 is 4.74 Å². The topological polar surface area (TPSA) is 43.4 Å². The van der Waals surface area contributed by atoms with Crippen molar-refractivity contribution in [1.82, 2.24) is 0 Å². The minimum Gasteiger partial charge on any atom is -0.465 e. The summed E-state index contributed by atoms with van der Waals surface area (Å²) in [5.41, 5.74) is 3.71. The number of hydrogen-bond donors (Lipinski definition) is 0. The number of benzene rings is 3. The zero-order valence-electron chi connectivity index (χ0n) is 17.1. The fourth-order valence-electron chi connectivity index (χ4n) is 3.57. The Kier molecular flexibility index (Phi) is 5.90. The van der Waals surface area contributed by atoms with Gasteiger partial charge in [-0.3, -0.25) is 4.79 Å². The maximum Gasteiger partial charge on any atom is 0.341 e. The second kappa shape index (κ2) is 8.94. The molecule has 3 nitrogen and oxygen atoms in total. The lowest BCUT2D eigenvalue weighted by molar-refractivity contribution is -0.137. The van der Waals surface area contributed by atoms with Crippen molar-refractivity contribution < 1.29 is 23.1 Å². The molecule has 5 heteroatoms. The summed E-state index contributed by atoms with van der Waals surface area (Å²) in [6, 6.07) is 19.0. The van der Waals surface area contributed by atoms with Gasteiger partial charge in [0.2, 0.25) is 5.78 Å². The zero-order chi connectivity index (χ0) is 22.7. The van der Waals surface area contributed by atoms with Crippen LogP contribution in [0.2, 0.25) is 0 Å². The number of methoxy groups -OCH3 is 1. The summed E-state index contributed by atoms with van der Waals surface area (Å²) in [6.45, 7) is 0. The van der Waals surface area contributed by atoms with Gasteiger partial charge in [-0.05, 0) is 64.2 Å². The van der Waals surface area contributed by atoms with Crippen LogP contribution in [-0.4, -0.2) is 18.9 Å². The lowest BCUT2D eigenvalue weighted by Gasteiger charge is -2.17. The maximum atomic E-state index is 13.5. The first kappa shape index (κ1) is 21.1. The molecular formula is C27H18F2O3. The van der Waals surface area contributed by atoms with Crippen LogP contribution in [0.3, 0.4) is 0 Å². The molecular weight excluding hydrogens is 410 g/mol. The molecule has 1 aliphatic rings. The molecule has 3 aromatic carbocycles. The van der Waals surface area contributed by atoms with Gasteiger partial charge in [0.1, 0.15) is 17.2 Å². The number of halogens is 2. The molecule has 0 bridgehead atoms. The van der Waals surface area contributed by atoms with E-state index in [2.05, 4.69) is 0 Å². The number of carbonyl (C=O) groups excluding carboxylic acids is 2. The third-order valence-corrected chi connectivity index (χ3v) is 5.17. The molecule has 1 aliphatic carbocycles. The lowest BCUT2D eigenvalue weighted by Crippen LogP contribution is -2.19. The number of fused-ring (bicyclic) bond motifs is 1. The largest absolute Gasteiger partial charge is 0.465 e. The van der Waals surface area contributed by atoms with E-state index in [1.807, 2.05) is 18.2 Å². The number of esters is 1. The molecule has 158 valence electrons. The number of ketones is 1. The maximum absolute atomic E-state index is 13.5. The number of ether oxygens (including phenoxy) is 1. The molecule has 4 rings (SSSR count). The molecule has 0 heterocycles. The average Bonchev–Trinajstić information content (AvgIpc) is 2.81. The number of carbonyl (C=O) groups is 2. The molecule has 0 spiro atoms. The highest BCUT2D eigenvalue weighted by atomic mass is 19.1. The highest BCUT2D eigenvalue weighted by Gasteiger charge is 2.28. The van der Waals surface area contributed by atoms with Gasteiger partial charge >= 0.3 is 5.97 Å². The lowest BCUT2D eigenvalue weighted by atomic mass is 9.86. The summed E-state index contributed by atoms with van der Waals surface area (Å²) < 4.78 is 31.7. The van der Waals surface area contributed by atoms with Gasteiger partial charge in [0, 0.05) is 5.57 Å². The van der Waals surface area contributed by atoms with Crippen LogP contribution in [0.15, 0.2) is 90.5 Å². The summed E-state index contributed by atoms with van der Waals surface area (Å²) in [6.07, 6.45) is 4.86. The molecule has 0 saturated heterocycles. The van der Waals surface area contributed by atoms with Crippen LogP contribution in [0.25, 0.3) is 17.2 Å². The predicted molar refractivity (Wildman–Crippen MR) is 119 cm³/mol. The molecule has 0 aromatic heterocycles. The van der Waals surface area contributed by atoms with Gasteiger partial charge in [0.25, 0.3) is 0 Å². The van der Waals surface area contributed by atoms with Crippen LogP contribution >= 0.6 is 0 Å². The van der Waals surface area contributed by atoms with Crippen LogP contribution in [0.4, 0.5) is 8.78 Å². The minimum atomic E-state index is -0.711. The minimum absolute atomic E-state index is 0.0593. The average molecular weight is 428 g/mol. The van der Waals surface area contributed by atoms with Crippen LogP contribution < -0.4 is 0 Å². The Morgan fingerprint density at radius 2 is 1.41 bits per heavy atom. The third-order valence-electron chi connectivity index (χ3n) is 5.17. The van der Waals surface area contributed by atoms with E-state index in [0.29, 0.717) is 27.8 Å². The first-order chi connectivity index (χ1) is 15.5. The molecule has 3 aromatic rings. The summed E-state index contributed by atoms with van der Waals surface area (Å²) in [5, 5.41) is 0. The van der Waals surface area contributed by atoms with Crippen molar-refractivity contribution >= 4 is 29.0 Å². The van der Waals surface area contributed by atoms with Gasteiger partial charge in [0.15, 0.2) is 0 Å². The first-order valence-electron chi connectivity index (χ1n) is 9.86. The van der Waals surface area contributed by atoms with Crippen molar-refractivity contribution in [2.45, 2.75) is 0 Å². The van der Waals surface area contributed by atoms with Crippen molar-refractivity contribution in [3.05, 3.63) is 124 Å². The van der Waals surface area contributed by atoms with Crippen molar-refractivity contribution in [2.75, 3.05) is 7.11 Å². The van der Waals surface area contributed by atoms with Crippen molar-refractivity contribution in [2.24, 2.45) is 0 Å². The van der Waals surface area contributed by atoms with Gasteiger partial charge in [-0.15, -0.1) is 0 Å². The standard InChI is InChI=1S/C27H18F2O3/c1-32-27(31)25-16-19-4-2-3-5-23(19)24(26(25)30)15-14-22(17-6-10-20(28)11-7-17)18-8-12-21(29)13-9-18/h2-16H,1H3/b24-15-. The van der Waals surface area contributed by atoms with E-state index in [9.17, 15) is 18.4 Å². The monoisotopic (exact) mass is 428 g/mol. The summed E-state index contributed by atoms with van der Waals surface area (Å²) in [5.74, 6) is -1.93. The van der Waals surface area contributed by atoms with Crippen molar-refractivity contribution in [3.63, 3.8) is 0 Å². The van der Waals surface area contributed by atoms with Gasteiger partial charge in [-0.2, -0.15) is 0 Å². The van der Waals surface area contributed by atoms with Crippen molar-refractivity contribution in [3.8, 4) is 0 Å². The second-order valence-corrected chi connectivity index (χ2v) is 7.14. The summed E-state index contributed by atoms with van der Waals surface area (Å²) in [4.78, 5) is 25.3. The smallest absolute Gasteiger partial charge is 0.341 e. The molecule has 0 N–H and O–H groups in total. The molecule has 0 saturated carbocycles. The van der Waals surface area contributed by atoms with E-state index in [0.717, 1.165) is 5.56 Å². The Morgan fingerprint density at radius 1 is 0.844 bits per heavy atom. The molecule has 0 atom stereocenters.